The summed E-state index contributed by atoms with van der Waals surface area (Å²) in [5, 5.41) is 0.874. The Morgan fingerprint density at radius 3 is 3.20 bits per heavy atom. The molecule has 0 saturated heterocycles. The van der Waals surface area contributed by atoms with Crippen molar-refractivity contribution >= 4 is 22.0 Å². The molecule has 3 rings (SSSR count). The number of hydrogen-bond acceptors (Lipinski definition) is 2. The van der Waals surface area contributed by atoms with Crippen molar-refractivity contribution in [3.05, 3.63) is 30.0 Å². The second kappa shape index (κ2) is 2.82. The summed E-state index contributed by atoms with van der Waals surface area (Å²) in [4.78, 5) is 7.06. The predicted molar refractivity (Wildman–Crippen MR) is 55.2 cm³/mol. The molecule has 0 aliphatic heterocycles. The molecule has 0 radical (unpaired) electrons. The highest BCUT2D eigenvalue weighted by Gasteiger charge is 2.13. The van der Waals surface area contributed by atoms with E-state index in [-0.39, 0.29) is 5.82 Å². The number of hydrogen-bond donors (Lipinski definition) is 1. The van der Waals surface area contributed by atoms with Crippen molar-refractivity contribution < 1.29 is 8.81 Å². The van der Waals surface area contributed by atoms with E-state index in [0.29, 0.717) is 23.4 Å². The zero-order chi connectivity index (χ0) is 10.4. The highest BCUT2D eigenvalue weighted by molar-refractivity contribution is 6.01. The number of nitrogens with one attached hydrogen (secondary N) is 1. The Morgan fingerprint density at radius 2 is 2.40 bits per heavy atom. The van der Waals surface area contributed by atoms with E-state index < -0.39 is 0 Å². The highest BCUT2D eigenvalue weighted by atomic mass is 19.1. The number of fused-ring (bicyclic) bond motifs is 3. The molecule has 4 heteroatoms. The smallest absolute Gasteiger partial charge is 0.195 e. The van der Waals surface area contributed by atoms with Gasteiger partial charge in [0.05, 0.1) is 5.52 Å². The van der Waals surface area contributed by atoms with Gasteiger partial charge in [0.1, 0.15) is 5.52 Å². The van der Waals surface area contributed by atoms with Crippen LogP contribution in [0.4, 0.5) is 4.39 Å². The van der Waals surface area contributed by atoms with Crippen LogP contribution in [0.2, 0.25) is 0 Å². The Balaban J connectivity index is 2.53. The van der Waals surface area contributed by atoms with Gasteiger partial charge in [-0.2, -0.15) is 0 Å². The van der Waals surface area contributed by atoms with Gasteiger partial charge in [0.15, 0.2) is 17.3 Å². The van der Waals surface area contributed by atoms with Crippen LogP contribution in [0.1, 0.15) is 12.8 Å². The van der Waals surface area contributed by atoms with E-state index in [4.69, 9.17) is 4.42 Å². The van der Waals surface area contributed by atoms with Crippen LogP contribution >= 0.6 is 0 Å². The molecule has 0 unspecified atom stereocenters. The second-order valence-corrected chi connectivity index (χ2v) is 3.44. The SMILES string of the molecule is CCc1nc2c(F)cc3[nH]ccc3c2o1. The van der Waals surface area contributed by atoms with Crippen LogP contribution in [0.3, 0.4) is 0 Å². The van der Waals surface area contributed by atoms with Crippen LogP contribution in [0, 0.1) is 5.82 Å². The standard InChI is InChI=1S/C11H9FN2O/c1-2-9-14-10-7(12)5-8-6(3-4-13-8)11(10)15-9/h3-5,13H,2H2,1H3. The molecule has 0 aliphatic rings. The minimum Gasteiger partial charge on any atom is -0.440 e. The summed E-state index contributed by atoms with van der Waals surface area (Å²) in [6, 6.07) is 3.31. The first-order chi connectivity index (χ1) is 7.29. The molecule has 0 saturated carbocycles. The molecule has 2 heterocycles. The number of oxazole rings is 1. The molecule has 3 nitrogen and oxygen atoms in total. The van der Waals surface area contributed by atoms with Crippen molar-refractivity contribution in [3.8, 4) is 0 Å². The van der Waals surface area contributed by atoms with Gasteiger partial charge < -0.3 is 9.40 Å². The van der Waals surface area contributed by atoms with Crippen LogP contribution in [-0.4, -0.2) is 9.97 Å². The molecule has 0 amide bonds. The summed E-state index contributed by atoms with van der Waals surface area (Å²) in [6.45, 7) is 1.93. The fourth-order valence-corrected chi connectivity index (χ4v) is 1.75. The number of nitrogens with zero attached hydrogens (tertiary/aromatic N) is 1. The first-order valence-electron chi connectivity index (χ1n) is 4.84. The van der Waals surface area contributed by atoms with Gasteiger partial charge in [0.2, 0.25) is 0 Å². The highest BCUT2D eigenvalue weighted by Crippen LogP contribution is 2.27. The second-order valence-electron chi connectivity index (χ2n) is 3.44. The Morgan fingerprint density at radius 1 is 1.53 bits per heavy atom. The van der Waals surface area contributed by atoms with Gasteiger partial charge in [-0.05, 0) is 6.07 Å². The summed E-state index contributed by atoms with van der Waals surface area (Å²) >= 11 is 0. The lowest BCUT2D eigenvalue weighted by Crippen LogP contribution is -1.80. The third kappa shape index (κ3) is 1.08. The van der Waals surface area contributed by atoms with E-state index in [1.807, 2.05) is 13.0 Å². The number of rotatable bonds is 1. The Hall–Kier alpha value is -1.84. The molecule has 15 heavy (non-hydrogen) atoms. The molecule has 76 valence electrons. The summed E-state index contributed by atoms with van der Waals surface area (Å²) in [5.74, 6) is 0.223. The van der Waals surface area contributed by atoms with Crippen LogP contribution in [0.25, 0.3) is 22.0 Å². The minimum absolute atomic E-state index is 0.318. The van der Waals surface area contributed by atoms with Crippen molar-refractivity contribution in [3.63, 3.8) is 0 Å². The lowest BCUT2D eigenvalue weighted by atomic mass is 10.2. The van der Waals surface area contributed by atoms with Crippen LogP contribution < -0.4 is 0 Å². The lowest BCUT2D eigenvalue weighted by molar-refractivity contribution is 0.540. The van der Waals surface area contributed by atoms with Gasteiger partial charge in [-0.15, -0.1) is 0 Å². The van der Waals surface area contributed by atoms with Crippen LogP contribution in [0.5, 0.6) is 0 Å². The molecule has 0 aliphatic carbocycles. The van der Waals surface area contributed by atoms with Crippen molar-refractivity contribution in [2.75, 3.05) is 0 Å². The summed E-state index contributed by atoms with van der Waals surface area (Å²) in [6.07, 6.45) is 2.43. The van der Waals surface area contributed by atoms with Crippen molar-refractivity contribution in [1.82, 2.24) is 9.97 Å². The van der Waals surface area contributed by atoms with Gasteiger partial charge in [-0.25, -0.2) is 9.37 Å². The number of halogens is 1. The van der Waals surface area contributed by atoms with E-state index in [1.54, 1.807) is 6.20 Å². The normalized spacial score (nSPS) is 11.6. The van der Waals surface area contributed by atoms with Crippen LogP contribution in [0.15, 0.2) is 22.7 Å². The number of aromatic amines is 1. The Kier molecular flexibility index (Phi) is 1.59. The molecular formula is C11H9FN2O. The van der Waals surface area contributed by atoms with E-state index in [0.717, 1.165) is 10.9 Å². The lowest BCUT2D eigenvalue weighted by Gasteiger charge is -1.92. The van der Waals surface area contributed by atoms with Gasteiger partial charge >= 0.3 is 0 Å². The van der Waals surface area contributed by atoms with E-state index in [1.165, 1.54) is 6.07 Å². The molecular weight excluding hydrogens is 195 g/mol. The third-order valence-corrected chi connectivity index (χ3v) is 2.49. The van der Waals surface area contributed by atoms with Crippen molar-refractivity contribution in [2.24, 2.45) is 0 Å². The summed E-state index contributed by atoms with van der Waals surface area (Å²) < 4.78 is 19.1. The number of H-pyrrole nitrogens is 1. The van der Waals surface area contributed by atoms with E-state index in [9.17, 15) is 4.39 Å². The summed E-state index contributed by atoms with van der Waals surface area (Å²) in [7, 11) is 0. The number of aryl methyl sites for hydroxylation is 1. The first kappa shape index (κ1) is 8.47. The Labute approximate surface area is 84.9 Å². The monoisotopic (exact) mass is 204 g/mol. The van der Waals surface area contributed by atoms with Gasteiger partial charge in [0, 0.05) is 24.1 Å². The zero-order valence-electron chi connectivity index (χ0n) is 8.17. The largest absolute Gasteiger partial charge is 0.440 e. The first-order valence-corrected chi connectivity index (χ1v) is 4.84. The average Bonchev–Trinajstić information content (AvgIpc) is 2.81. The maximum atomic E-state index is 13.6. The topological polar surface area (TPSA) is 41.8 Å². The molecule has 0 atom stereocenters. The van der Waals surface area contributed by atoms with E-state index >= 15 is 0 Å². The molecule has 0 spiro atoms. The molecule has 1 aromatic carbocycles. The van der Waals surface area contributed by atoms with E-state index in [2.05, 4.69) is 9.97 Å². The molecule has 0 fully saturated rings. The molecule has 1 N–H and O–H groups in total. The van der Waals surface area contributed by atoms with Crippen molar-refractivity contribution in [2.45, 2.75) is 13.3 Å². The van der Waals surface area contributed by atoms with Gasteiger partial charge in [-0.1, -0.05) is 6.92 Å². The fourth-order valence-electron chi connectivity index (χ4n) is 1.75. The predicted octanol–water partition coefficient (Wildman–Crippen LogP) is 3.01. The number of aromatic nitrogens is 2. The number of benzene rings is 1. The quantitative estimate of drug-likeness (QED) is 0.662. The van der Waals surface area contributed by atoms with Gasteiger partial charge in [-0.3, -0.25) is 0 Å². The molecule has 0 bridgehead atoms. The maximum Gasteiger partial charge on any atom is 0.195 e. The summed E-state index contributed by atoms with van der Waals surface area (Å²) in [5.41, 5.74) is 1.58. The molecule has 2 aromatic heterocycles. The third-order valence-electron chi connectivity index (χ3n) is 2.49. The average molecular weight is 204 g/mol. The minimum atomic E-state index is -0.344. The zero-order valence-corrected chi connectivity index (χ0v) is 8.17. The molecule has 3 aromatic rings. The van der Waals surface area contributed by atoms with Gasteiger partial charge in [0.25, 0.3) is 0 Å². The van der Waals surface area contributed by atoms with Crippen molar-refractivity contribution in [1.29, 1.82) is 0 Å². The van der Waals surface area contributed by atoms with Crippen LogP contribution in [-0.2, 0) is 6.42 Å². The fraction of sp³-hybridized carbons (Fsp3) is 0.182. The maximum absolute atomic E-state index is 13.6. The Bertz CT molecular complexity index is 638.